The van der Waals surface area contributed by atoms with E-state index in [-0.39, 0.29) is 0 Å². The molecule has 0 fully saturated rings. The Morgan fingerprint density at radius 2 is 1.56 bits per heavy atom. The molecule has 0 atom stereocenters. The number of aromatic nitrogens is 1. The van der Waals surface area contributed by atoms with E-state index < -0.39 is 0 Å². The molecule has 0 saturated carbocycles. The summed E-state index contributed by atoms with van der Waals surface area (Å²) in [5.74, 6) is 1.08. The molecule has 2 rings (SSSR count). The molecule has 0 unspecified atom stereocenters. The van der Waals surface area contributed by atoms with Gasteiger partial charge in [0.15, 0.2) is 0 Å². The minimum absolute atomic E-state index is 0.526. The number of hydrogen-bond acceptors (Lipinski definition) is 1. The van der Waals surface area contributed by atoms with E-state index >= 15 is 0 Å². The summed E-state index contributed by atoms with van der Waals surface area (Å²) in [4.78, 5) is 4.55. The monoisotopic (exact) mass is 213 g/mol. The largest absolute Gasteiger partial charge is 0.256 e. The van der Waals surface area contributed by atoms with E-state index in [4.69, 9.17) is 0 Å². The van der Waals surface area contributed by atoms with E-state index in [2.05, 4.69) is 56.9 Å². The van der Waals surface area contributed by atoms with Crippen molar-refractivity contribution in [1.29, 1.82) is 0 Å². The Bertz CT molecular complexity index is 451. The van der Waals surface area contributed by atoms with Gasteiger partial charge in [0.25, 0.3) is 0 Å². The predicted molar refractivity (Wildman–Crippen MR) is 69.9 cm³/mol. The fourth-order valence-corrected chi connectivity index (χ4v) is 2.19. The minimum atomic E-state index is 0.526. The van der Waals surface area contributed by atoms with Crippen LogP contribution in [0.15, 0.2) is 30.5 Å². The Balaban J connectivity index is 2.76. The number of nitrogens with zero attached hydrogens (tertiary/aromatic N) is 1. The molecule has 0 aliphatic heterocycles. The molecule has 16 heavy (non-hydrogen) atoms. The summed E-state index contributed by atoms with van der Waals surface area (Å²) < 4.78 is 0. The molecular weight excluding hydrogens is 194 g/mol. The molecule has 0 amide bonds. The van der Waals surface area contributed by atoms with Gasteiger partial charge in [-0.15, -0.1) is 0 Å². The Hall–Kier alpha value is -1.37. The average Bonchev–Trinajstić information content (AvgIpc) is 2.27. The van der Waals surface area contributed by atoms with Gasteiger partial charge in [-0.3, -0.25) is 4.98 Å². The minimum Gasteiger partial charge on any atom is -0.256 e. The van der Waals surface area contributed by atoms with Crippen LogP contribution in [0.25, 0.3) is 10.9 Å². The smallest absolute Gasteiger partial charge is 0.0739 e. The zero-order valence-electron chi connectivity index (χ0n) is 10.5. The van der Waals surface area contributed by atoms with Crippen molar-refractivity contribution in [2.75, 3.05) is 0 Å². The summed E-state index contributed by atoms with van der Waals surface area (Å²) in [5.41, 5.74) is 3.91. The highest BCUT2D eigenvalue weighted by atomic mass is 14.7. The first-order valence-electron chi connectivity index (χ1n) is 5.98. The molecule has 0 radical (unpaired) electrons. The lowest BCUT2D eigenvalue weighted by Crippen LogP contribution is -1.96. The molecule has 1 heterocycles. The maximum Gasteiger partial charge on any atom is 0.0739 e. The molecular formula is C15H19N. The lowest BCUT2D eigenvalue weighted by Gasteiger charge is -2.13. The van der Waals surface area contributed by atoms with E-state index in [1.807, 2.05) is 6.20 Å². The maximum absolute atomic E-state index is 4.55. The number of benzene rings is 1. The second-order valence-corrected chi connectivity index (χ2v) is 4.95. The van der Waals surface area contributed by atoms with Crippen LogP contribution in [0.4, 0.5) is 0 Å². The SMILES string of the molecule is CC(C)c1ccnc2c(C(C)C)cccc12. The molecule has 0 N–H and O–H groups in total. The maximum atomic E-state index is 4.55. The fraction of sp³-hybridized carbons (Fsp3) is 0.400. The van der Waals surface area contributed by atoms with E-state index in [1.54, 1.807) is 0 Å². The van der Waals surface area contributed by atoms with Crippen LogP contribution in [0.1, 0.15) is 50.7 Å². The molecule has 0 saturated heterocycles. The van der Waals surface area contributed by atoms with Crippen LogP contribution < -0.4 is 0 Å². The molecule has 2 aromatic rings. The van der Waals surface area contributed by atoms with Crippen molar-refractivity contribution in [3.63, 3.8) is 0 Å². The number of pyridine rings is 1. The third-order valence-electron chi connectivity index (χ3n) is 3.08. The van der Waals surface area contributed by atoms with Gasteiger partial charge in [-0.25, -0.2) is 0 Å². The van der Waals surface area contributed by atoms with Crippen LogP contribution in [-0.2, 0) is 0 Å². The summed E-state index contributed by atoms with van der Waals surface area (Å²) in [7, 11) is 0. The van der Waals surface area contributed by atoms with E-state index in [0.717, 1.165) is 0 Å². The zero-order chi connectivity index (χ0) is 11.7. The lowest BCUT2D eigenvalue weighted by molar-refractivity contribution is 0.862. The van der Waals surface area contributed by atoms with Crippen molar-refractivity contribution in [2.45, 2.75) is 39.5 Å². The van der Waals surface area contributed by atoms with Crippen LogP contribution in [0.3, 0.4) is 0 Å². The fourth-order valence-electron chi connectivity index (χ4n) is 2.19. The Morgan fingerprint density at radius 1 is 0.875 bits per heavy atom. The molecule has 1 nitrogen and oxygen atoms in total. The Morgan fingerprint density at radius 3 is 2.19 bits per heavy atom. The van der Waals surface area contributed by atoms with Crippen molar-refractivity contribution in [3.8, 4) is 0 Å². The second-order valence-electron chi connectivity index (χ2n) is 4.95. The summed E-state index contributed by atoms with van der Waals surface area (Å²) in [6, 6.07) is 8.65. The van der Waals surface area contributed by atoms with Gasteiger partial charge in [0.2, 0.25) is 0 Å². The topological polar surface area (TPSA) is 12.9 Å². The molecule has 84 valence electrons. The van der Waals surface area contributed by atoms with Gasteiger partial charge in [-0.1, -0.05) is 45.9 Å². The molecule has 1 aromatic heterocycles. The van der Waals surface area contributed by atoms with Crippen molar-refractivity contribution < 1.29 is 0 Å². The van der Waals surface area contributed by atoms with Gasteiger partial charge in [0.05, 0.1) is 5.52 Å². The standard InChI is InChI=1S/C15H19N/c1-10(2)12-8-9-16-15-13(11(3)4)6-5-7-14(12)15/h5-11H,1-4H3. The van der Waals surface area contributed by atoms with E-state index in [9.17, 15) is 0 Å². The van der Waals surface area contributed by atoms with Gasteiger partial charge in [-0.2, -0.15) is 0 Å². The lowest BCUT2D eigenvalue weighted by atomic mass is 9.94. The van der Waals surface area contributed by atoms with Gasteiger partial charge < -0.3 is 0 Å². The Labute approximate surface area is 97.5 Å². The van der Waals surface area contributed by atoms with Crippen LogP contribution in [0.2, 0.25) is 0 Å². The number of fused-ring (bicyclic) bond motifs is 1. The highest BCUT2D eigenvalue weighted by Gasteiger charge is 2.10. The number of rotatable bonds is 2. The summed E-state index contributed by atoms with van der Waals surface area (Å²) in [6.45, 7) is 8.91. The van der Waals surface area contributed by atoms with Crippen LogP contribution in [0.5, 0.6) is 0 Å². The van der Waals surface area contributed by atoms with E-state index in [0.29, 0.717) is 11.8 Å². The molecule has 0 spiro atoms. The average molecular weight is 213 g/mol. The third kappa shape index (κ3) is 1.82. The third-order valence-corrected chi connectivity index (χ3v) is 3.08. The van der Waals surface area contributed by atoms with E-state index in [1.165, 1.54) is 22.0 Å². The van der Waals surface area contributed by atoms with Crippen LogP contribution >= 0.6 is 0 Å². The first kappa shape index (κ1) is 11.1. The summed E-state index contributed by atoms with van der Waals surface area (Å²) in [6.07, 6.45) is 1.93. The summed E-state index contributed by atoms with van der Waals surface area (Å²) >= 11 is 0. The molecule has 0 aliphatic rings. The predicted octanol–water partition coefficient (Wildman–Crippen LogP) is 4.48. The van der Waals surface area contributed by atoms with Gasteiger partial charge in [0.1, 0.15) is 0 Å². The quantitative estimate of drug-likeness (QED) is 0.716. The molecule has 1 aromatic carbocycles. The van der Waals surface area contributed by atoms with Crippen LogP contribution in [0, 0.1) is 0 Å². The second kappa shape index (κ2) is 4.25. The Kier molecular flexibility index (Phi) is 2.95. The van der Waals surface area contributed by atoms with Gasteiger partial charge >= 0.3 is 0 Å². The normalized spacial score (nSPS) is 11.6. The van der Waals surface area contributed by atoms with Crippen LogP contribution in [-0.4, -0.2) is 4.98 Å². The zero-order valence-corrected chi connectivity index (χ0v) is 10.5. The number of hydrogen-bond donors (Lipinski definition) is 0. The number of para-hydroxylation sites is 1. The highest BCUT2D eigenvalue weighted by Crippen LogP contribution is 2.28. The van der Waals surface area contributed by atoms with Gasteiger partial charge in [0, 0.05) is 11.6 Å². The van der Waals surface area contributed by atoms with Crippen molar-refractivity contribution in [2.24, 2.45) is 0 Å². The van der Waals surface area contributed by atoms with Crippen molar-refractivity contribution in [3.05, 3.63) is 41.6 Å². The molecule has 0 aliphatic carbocycles. The van der Waals surface area contributed by atoms with Crippen molar-refractivity contribution >= 4 is 10.9 Å². The summed E-state index contributed by atoms with van der Waals surface area (Å²) in [5, 5.41) is 1.31. The van der Waals surface area contributed by atoms with Crippen molar-refractivity contribution in [1.82, 2.24) is 4.98 Å². The molecule has 0 bridgehead atoms. The molecule has 1 heteroatoms. The highest BCUT2D eigenvalue weighted by molar-refractivity contribution is 5.85. The first-order chi connectivity index (χ1) is 7.61. The van der Waals surface area contributed by atoms with Gasteiger partial charge in [-0.05, 0) is 29.0 Å². The first-order valence-corrected chi connectivity index (χ1v) is 5.98.